The summed E-state index contributed by atoms with van der Waals surface area (Å²) in [6.45, 7) is 1.41. The normalized spacial score (nSPS) is 14.3. The Morgan fingerprint density at radius 3 is 2.77 bits per heavy atom. The summed E-state index contributed by atoms with van der Waals surface area (Å²) >= 11 is 0. The quantitative estimate of drug-likeness (QED) is 0.719. The SMILES string of the molecule is C#CCOc1cc(CNC(=O)N(C)CCC2CCCCC2)ccc1OC. The first kappa shape index (κ1) is 20.0. The van der Waals surface area contributed by atoms with Gasteiger partial charge in [0.25, 0.3) is 0 Å². The number of carbonyl (C=O) groups excluding carboxylic acids is 1. The summed E-state index contributed by atoms with van der Waals surface area (Å²) in [6.07, 6.45) is 13.0. The second-order valence-corrected chi connectivity index (χ2v) is 6.85. The summed E-state index contributed by atoms with van der Waals surface area (Å²) in [6, 6.07) is 5.52. The van der Waals surface area contributed by atoms with Crippen molar-refractivity contribution in [3.63, 3.8) is 0 Å². The molecule has 0 atom stereocenters. The van der Waals surface area contributed by atoms with Crippen molar-refractivity contribution >= 4 is 6.03 Å². The number of methoxy groups -OCH3 is 1. The molecule has 2 rings (SSSR count). The highest BCUT2D eigenvalue weighted by atomic mass is 16.5. The summed E-state index contributed by atoms with van der Waals surface area (Å²) in [4.78, 5) is 14.1. The highest BCUT2D eigenvalue weighted by Gasteiger charge is 2.16. The number of nitrogens with one attached hydrogen (secondary N) is 1. The fourth-order valence-corrected chi connectivity index (χ4v) is 3.33. The van der Waals surface area contributed by atoms with Gasteiger partial charge in [0.2, 0.25) is 0 Å². The number of benzene rings is 1. The van der Waals surface area contributed by atoms with Gasteiger partial charge in [0.1, 0.15) is 6.61 Å². The van der Waals surface area contributed by atoms with E-state index in [1.165, 1.54) is 32.1 Å². The monoisotopic (exact) mass is 358 g/mol. The van der Waals surface area contributed by atoms with E-state index in [0.29, 0.717) is 18.0 Å². The maximum absolute atomic E-state index is 12.3. The Morgan fingerprint density at radius 2 is 2.08 bits per heavy atom. The topological polar surface area (TPSA) is 50.8 Å². The Labute approximate surface area is 157 Å². The average Bonchev–Trinajstić information content (AvgIpc) is 2.69. The van der Waals surface area contributed by atoms with Gasteiger partial charge < -0.3 is 19.7 Å². The highest BCUT2D eigenvalue weighted by molar-refractivity contribution is 5.73. The molecular weight excluding hydrogens is 328 g/mol. The van der Waals surface area contributed by atoms with Crippen molar-refractivity contribution < 1.29 is 14.3 Å². The fraction of sp³-hybridized carbons (Fsp3) is 0.571. The second kappa shape index (κ2) is 10.6. The molecule has 5 nitrogen and oxygen atoms in total. The minimum absolute atomic E-state index is 0.0530. The molecule has 1 saturated carbocycles. The van der Waals surface area contributed by atoms with Crippen LogP contribution in [0.4, 0.5) is 4.79 Å². The molecule has 1 aliphatic carbocycles. The number of rotatable bonds is 8. The van der Waals surface area contributed by atoms with Crippen LogP contribution in [0.5, 0.6) is 11.5 Å². The average molecular weight is 358 g/mol. The molecule has 0 saturated heterocycles. The summed E-state index contributed by atoms with van der Waals surface area (Å²) < 4.78 is 10.8. The van der Waals surface area contributed by atoms with E-state index in [0.717, 1.165) is 24.4 Å². The highest BCUT2D eigenvalue weighted by Crippen LogP contribution is 2.28. The smallest absolute Gasteiger partial charge is 0.317 e. The van der Waals surface area contributed by atoms with Gasteiger partial charge in [-0.15, -0.1) is 6.42 Å². The summed E-state index contributed by atoms with van der Waals surface area (Å²) in [5, 5.41) is 2.96. The number of ether oxygens (including phenoxy) is 2. The minimum atomic E-state index is -0.0530. The van der Waals surface area contributed by atoms with Gasteiger partial charge in [-0.25, -0.2) is 4.79 Å². The molecule has 0 heterocycles. The summed E-state index contributed by atoms with van der Waals surface area (Å²) in [5.41, 5.74) is 0.937. The zero-order valence-electron chi connectivity index (χ0n) is 15.9. The van der Waals surface area contributed by atoms with E-state index in [2.05, 4.69) is 11.2 Å². The second-order valence-electron chi connectivity index (χ2n) is 6.85. The molecule has 0 aliphatic heterocycles. The minimum Gasteiger partial charge on any atom is -0.493 e. The first-order valence-corrected chi connectivity index (χ1v) is 9.36. The van der Waals surface area contributed by atoms with Gasteiger partial charge in [0.05, 0.1) is 7.11 Å². The Bertz CT molecular complexity index is 618. The molecule has 0 spiro atoms. The number of nitrogens with zero attached hydrogens (tertiary/aromatic N) is 1. The molecular formula is C21H30N2O3. The first-order chi connectivity index (χ1) is 12.6. The van der Waals surface area contributed by atoms with Crippen molar-refractivity contribution in [1.29, 1.82) is 0 Å². The first-order valence-electron chi connectivity index (χ1n) is 9.36. The molecule has 1 aromatic rings. The van der Waals surface area contributed by atoms with Crippen molar-refractivity contribution in [3.05, 3.63) is 23.8 Å². The molecule has 5 heteroatoms. The largest absolute Gasteiger partial charge is 0.493 e. The van der Waals surface area contributed by atoms with Crippen molar-refractivity contribution in [1.82, 2.24) is 10.2 Å². The Morgan fingerprint density at radius 1 is 1.31 bits per heavy atom. The number of urea groups is 1. The van der Waals surface area contributed by atoms with E-state index in [1.54, 1.807) is 12.0 Å². The van der Waals surface area contributed by atoms with E-state index in [1.807, 2.05) is 25.2 Å². The zero-order valence-corrected chi connectivity index (χ0v) is 15.9. The maximum atomic E-state index is 12.3. The molecule has 0 unspecified atom stereocenters. The van der Waals surface area contributed by atoms with E-state index >= 15 is 0 Å². The van der Waals surface area contributed by atoms with Crippen LogP contribution in [0.25, 0.3) is 0 Å². The third-order valence-corrected chi connectivity index (χ3v) is 4.93. The van der Waals surface area contributed by atoms with Gasteiger partial charge in [-0.3, -0.25) is 0 Å². The van der Waals surface area contributed by atoms with E-state index in [-0.39, 0.29) is 12.6 Å². The van der Waals surface area contributed by atoms with Crippen LogP contribution in [-0.4, -0.2) is 38.2 Å². The predicted molar refractivity (Wildman–Crippen MR) is 103 cm³/mol. The van der Waals surface area contributed by atoms with E-state index < -0.39 is 0 Å². The molecule has 1 aliphatic rings. The van der Waals surface area contributed by atoms with Gasteiger partial charge in [-0.05, 0) is 30.0 Å². The van der Waals surface area contributed by atoms with Gasteiger partial charge in [0, 0.05) is 20.1 Å². The molecule has 1 fully saturated rings. The Hall–Kier alpha value is -2.35. The molecule has 1 N–H and O–H groups in total. The lowest BCUT2D eigenvalue weighted by Crippen LogP contribution is -2.38. The van der Waals surface area contributed by atoms with Gasteiger partial charge >= 0.3 is 6.03 Å². The van der Waals surface area contributed by atoms with Crippen LogP contribution in [0.15, 0.2) is 18.2 Å². The predicted octanol–water partition coefficient (Wildman–Crippen LogP) is 3.82. The summed E-state index contributed by atoms with van der Waals surface area (Å²) in [7, 11) is 3.44. The lowest BCUT2D eigenvalue weighted by molar-refractivity contribution is 0.201. The molecule has 142 valence electrons. The maximum Gasteiger partial charge on any atom is 0.317 e. The number of carbonyl (C=O) groups is 1. The van der Waals surface area contributed by atoms with Crippen LogP contribution in [0.2, 0.25) is 0 Å². The fourth-order valence-electron chi connectivity index (χ4n) is 3.33. The number of hydrogen-bond acceptors (Lipinski definition) is 3. The lowest BCUT2D eigenvalue weighted by Gasteiger charge is -2.24. The van der Waals surface area contributed by atoms with Crippen molar-refractivity contribution in [2.75, 3.05) is 27.3 Å². The number of terminal acetylenes is 1. The zero-order chi connectivity index (χ0) is 18.8. The number of hydrogen-bond donors (Lipinski definition) is 1. The van der Waals surface area contributed by atoms with Gasteiger partial charge in [0.15, 0.2) is 11.5 Å². The molecule has 2 amide bonds. The van der Waals surface area contributed by atoms with Crippen LogP contribution in [-0.2, 0) is 6.54 Å². The van der Waals surface area contributed by atoms with E-state index in [9.17, 15) is 4.79 Å². The van der Waals surface area contributed by atoms with Crippen molar-refractivity contribution in [3.8, 4) is 23.8 Å². The molecule has 0 aromatic heterocycles. The van der Waals surface area contributed by atoms with Crippen molar-refractivity contribution in [2.45, 2.75) is 45.1 Å². The van der Waals surface area contributed by atoms with Crippen LogP contribution in [0.3, 0.4) is 0 Å². The Kier molecular flexibility index (Phi) is 8.14. The number of amides is 2. The molecule has 0 radical (unpaired) electrons. The summed E-state index contributed by atoms with van der Waals surface area (Å²) in [5.74, 6) is 4.42. The lowest BCUT2D eigenvalue weighted by atomic mass is 9.87. The van der Waals surface area contributed by atoms with Crippen LogP contribution >= 0.6 is 0 Å². The van der Waals surface area contributed by atoms with Crippen LogP contribution in [0, 0.1) is 18.3 Å². The molecule has 26 heavy (non-hydrogen) atoms. The van der Waals surface area contributed by atoms with Gasteiger partial charge in [-0.2, -0.15) is 0 Å². The third-order valence-electron chi connectivity index (χ3n) is 4.93. The van der Waals surface area contributed by atoms with Crippen molar-refractivity contribution in [2.24, 2.45) is 5.92 Å². The molecule has 1 aromatic carbocycles. The van der Waals surface area contributed by atoms with Crippen LogP contribution < -0.4 is 14.8 Å². The van der Waals surface area contributed by atoms with Crippen LogP contribution in [0.1, 0.15) is 44.1 Å². The standard InChI is InChI=1S/C21H30N2O3/c1-4-14-26-20-15-18(10-11-19(20)25-3)16-22-21(24)23(2)13-12-17-8-6-5-7-9-17/h1,10-11,15,17H,5-9,12-14,16H2,2-3H3,(H,22,24). The van der Waals surface area contributed by atoms with Gasteiger partial charge in [-0.1, -0.05) is 44.1 Å². The Balaban J connectivity index is 1.80. The third kappa shape index (κ3) is 6.18. The molecule has 0 bridgehead atoms. The van der Waals surface area contributed by atoms with E-state index in [4.69, 9.17) is 15.9 Å².